The van der Waals surface area contributed by atoms with E-state index in [9.17, 15) is 4.79 Å². The number of likely N-dealkylation sites (N-methyl/N-ethyl adjacent to an activating group) is 1. The fraction of sp³-hybridized carbons (Fsp3) is 0.889. The Kier molecular flexibility index (Phi) is 7.09. The number of rotatable bonds is 6. The van der Waals surface area contributed by atoms with Gasteiger partial charge in [0, 0.05) is 5.75 Å². The largest absolute Gasteiger partial charge is 0.468 e. The van der Waals surface area contributed by atoms with E-state index in [1.165, 1.54) is 7.11 Å². The molecule has 0 aliphatic rings. The zero-order valence-electron chi connectivity index (χ0n) is 8.79. The first-order valence-corrected chi connectivity index (χ1v) is 5.59. The van der Waals surface area contributed by atoms with Gasteiger partial charge in [0.15, 0.2) is 0 Å². The lowest BCUT2D eigenvalue weighted by atomic mass is 10.3. The molecule has 0 radical (unpaired) electrons. The summed E-state index contributed by atoms with van der Waals surface area (Å²) in [7, 11) is 1.42. The third-order valence-corrected chi connectivity index (χ3v) is 2.72. The summed E-state index contributed by atoms with van der Waals surface area (Å²) >= 11 is 1.76. The standard InChI is InChI=1S/C9H19NO2S/c1-5-10-8(9(11)12-4)6-13-7(2)3/h7-8,10H,5-6H2,1-4H3. The highest BCUT2D eigenvalue weighted by Gasteiger charge is 2.17. The Bertz CT molecular complexity index is 151. The van der Waals surface area contributed by atoms with Crippen molar-refractivity contribution < 1.29 is 9.53 Å². The van der Waals surface area contributed by atoms with Crippen LogP contribution in [0, 0.1) is 0 Å². The second kappa shape index (κ2) is 7.21. The number of carbonyl (C=O) groups excluding carboxylic acids is 1. The van der Waals surface area contributed by atoms with Gasteiger partial charge in [0.05, 0.1) is 7.11 Å². The van der Waals surface area contributed by atoms with Crippen molar-refractivity contribution in [3.05, 3.63) is 0 Å². The molecule has 1 N–H and O–H groups in total. The van der Waals surface area contributed by atoms with Crippen molar-refractivity contribution in [3.8, 4) is 0 Å². The number of carbonyl (C=O) groups is 1. The topological polar surface area (TPSA) is 38.3 Å². The lowest BCUT2D eigenvalue weighted by Crippen LogP contribution is -2.39. The summed E-state index contributed by atoms with van der Waals surface area (Å²) in [6.45, 7) is 7.00. The average molecular weight is 205 g/mol. The zero-order valence-corrected chi connectivity index (χ0v) is 9.61. The average Bonchev–Trinajstić information content (AvgIpc) is 2.10. The second-order valence-corrected chi connectivity index (χ2v) is 4.62. The minimum atomic E-state index is -0.171. The molecule has 0 saturated heterocycles. The van der Waals surface area contributed by atoms with E-state index in [4.69, 9.17) is 0 Å². The van der Waals surface area contributed by atoms with E-state index in [-0.39, 0.29) is 12.0 Å². The Morgan fingerprint density at radius 3 is 2.54 bits per heavy atom. The van der Waals surface area contributed by atoms with Crippen LogP contribution in [0.5, 0.6) is 0 Å². The maximum Gasteiger partial charge on any atom is 0.323 e. The summed E-state index contributed by atoms with van der Waals surface area (Å²) < 4.78 is 4.68. The van der Waals surface area contributed by atoms with Gasteiger partial charge >= 0.3 is 5.97 Å². The molecule has 0 aromatic carbocycles. The molecule has 0 saturated carbocycles. The van der Waals surface area contributed by atoms with Gasteiger partial charge in [0.2, 0.25) is 0 Å². The molecule has 13 heavy (non-hydrogen) atoms. The van der Waals surface area contributed by atoms with Crippen molar-refractivity contribution in [3.63, 3.8) is 0 Å². The van der Waals surface area contributed by atoms with Crippen molar-refractivity contribution in [2.24, 2.45) is 0 Å². The van der Waals surface area contributed by atoms with Gasteiger partial charge in [-0.05, 0) is 11.8 Å². The molecule has 0 spiro atoms. The van der Waals surface area contributed by atoms with Crippen LogP contribution in [-0.2, 0) is 9.53 Å². The van der Waals surface area contributed by atoms with E-state index in [2.05, 4.69) is 23.9 Å². The maximum absolute atomic E-state index is 11.2. The van der Waals surface area contributed by atoms with Crippen LogP contribution in [0.2, 0.25) is 0 Å². The van der Waals surface area contributed by atoms with Crippen LogP contribution in [0.4, 0.5) is 0 Å². The fourth-order valence-electron chi connectivity index (χ4n) is 0.888. The first-order valence-electron chi connectivity index (χ1n) is 4.54. The molecule has 1 unspecified atom stereocenters. The van der Waals surface area contributed by atoms with Gasteiger partial charge in [-0.15, -0.1) is 0 Å². The molecule has 0 aromatic heterocycles. The number of esters is 1. The molecule has 0 heterocycles. The van der Waals surface area contributed by atoms with Crippen LogP contribution in [0.1, 0.15) is 20.8 Å². The lowest BCUT2D eigenvalue weighted by Gasteiger charge is -2.15. The summed E-state index contributed by atoms with van der Waals surface area (Å²) in [6, 6.07) is -0.164. The molecular formula is C9H19NO2S. The summed E-state index contributed by atoms with van der Waals surface area (Å²) in [5, 5.41) is 3.64. The van der Waals surface area contributed by atoms with E-state index < -0.39 is 0 Å². The molecule has 0 fully saturated rings. The van der Waals surface area contributed by atoms with Gasteiger partial charge in [-0.1, -0.05) is 20.8 Å². The quantitative estimate of drug-likeness (QED) is 0.663. The predicted octanol–water partition coefficient (Wildman–Crippen LogP) is 1.28. The van der Waals surface area contributed by atoms with Crippen molar-refractivity contribution in [1.82, 2.24) is 5.32 Å². The first-order chi connectivity index (χ1) is 6.11. The number of hydrogen-bond acceptors (Lipinski definition) is 4. The van der Waals surface area contributed by atoms with Gasteiger partial charge in [0.1, 0.15) is 6.04 Å². The third kappa shape index (κ3) is 5.93. The van der Waals surface area contributed by atoms with E-state index >= 15 is 0 Å². The highest BCUT2D eigenvalue weighted by Crippen LogP contribution is 2.11. The summed E-state index contributed by atoms with van der Waals surface area (Å²) in [5.41, 5.74) is 0. The van der Waals surface area contributed by atoms with Gasteiger partial charge in [-0.25, -0.2) is 0 Å². The molecule has 0 aliphatic carbocycles. The summed E-state index contributed by atoms with van der Waals surface area (Å²) in [4.78, 5) is 11.2. The minimum Gasteiger partial charge on any atom is -0.468 e. The Morgan fingerprint density at radius 2 is 2.15 bits per heavy atom. The van der Waals surface area contributed by atoms with Crippen LogP contribution < -0.4 is 5.32 Å². The number of methoxy groups -OCH3 is 1. The van der Waals surface area contributed by atoms with Crippen LogP contribution in [0.25, 0.3) is 0 Å². The normalized spacial score (nSPS) is 13.0. The maximum atomic E-state index is 11.2. The molecular weight excluding hydrogens is 186 g/mol. The van der Waals surface area contributed by atoms with Gasteiger partial charge in [-0.3, -0.25) is 4.79 Å². The summed E-state index contributed by atoms with van der Waals surface area (Å²) in [6.07, 6.45) is 0. The van der Waals surface area contributed by atoms with E-state index in [0.717, 1.165) is 12.3 Å². The van der Waals surface area contributed by atoms with Gasteiger partial charge in [0.25, 0.3) is 0 Å². The smallest absolute Gasteiger partial charge is 0.323 e. The lowest BCUT2D eigenvalue weighted by molar-refractivity contribution is -0.142. The van der Waals surface area contributed by atoms with Crippen molar-refractivity contribution >= 4 is 17.7 Å². The molecule has 4 heteroatoms. The van der Waals surface area contributed by atoms with E-state index in [1.54, 1.807) is 11.8 Å². The Hall–Kier alpha value is -0.220. The number of hydrogen-bond donors (Lipinski definition) is 1. The highest BCUT2D eigenvalue weighted by atomic mass is 32.2. The fourth-order valence-corrected chi connectivity index (χ4v) is 1.72. The van der Waals surface area contributed by atoms with Crippen LogP contribution in [0.15, 0.2) is 0 Å². The number of nitrogens with one attached hydrogen (secondary N) is 1. The van der Waals surface area contributed by atoms with E-state index in [0.29, 0.717) is 5.25 Å². The monoisotopic (exact) mass is 205 g/mol. The van der Waals surface area contributed by atoms with E-state index in [1.807, 2.05) is 6.92 Å². The van der Waals surface area contributed by atoms with Crippen molar-refractivity contribution in [1.29, 1.82) is 0 Å². The molecule has 0 aromatic rings. The molecule has 1 atom stereocenters. The van der Waals surface area contributed by atoms with Crippen LogP contribution in [0.3, 0.4) is 0 Å². The van der Waals surface area contributed by atoms with Crippen LogP contribution >= 0.6 is 11.8 Å². The highest BCUT2D eigenvalue weighted by molar-refractivity contribution is 7.99. The Labute approximate surface area is 84.6 Å². The van der Waals surface area contributed by atoms with Crippen molar-refractivity contribution in [2.75, 3.05) is 19.4 Å². The third-order valence-electron chi connectivity index (χ3n) is 1.53. The Balaban J connectivity index is 3.86. The molecule has 0 rings (SSSR count). The molecule has 78 valence electrons. The number of ether oxygens (including phenoxy) is 1. The van der Waals surface area contributed by atoms with Crippen molar-refractivity contribution in [2.45, 2.75) is 32.1 Å². The Morgan fingerprint density at radius 1 is 1.54 bits per heavy atom. The van der Waals surface area contributed by atoms with Crippen LogP contribution in [-0.4, -0.2) is 36.7 Å². The molecule has 0 bridgehead atoms. The SMILES string of the molecule is CCNC(CSC(C)C)C(=O)OC. The van der Waals surface area contributed by atoms with Gasteiger partial charge in [-0.2, -0.15) is 11.8 Å². The molecule has 0 amide bonds. The summed E-state index contributed by atoms with van der Waals surface area (Å²) in [5.74, 6) is 0.605. The zero-order chi connectivity index (χ0) is 10.3. The first kappa shape index (κ1) is 12.8. The molecule has 0 aliphatic heterocycles. The van der Waals surface area contributed by atoms with Gasteiger partial charge < -0.3 is 10.1 Å². The number of thioether (sulfide) groups is 1. The second-order valence-electron chi connectivity index (χ2n) is 3.02. The minimum absolute atomic E-state index is 0.164. The predicted molar refractivity (Wildman–Crippen MR) is 57.1 cm³/mol. The molecule has 3 nitrogen and oxygen atoms in total.